The van der Waals surface area contributed by atoms with Gasteiger partial charge in [-0.15, -0.1) is 0 Å². The van der Waals surface area contributed by atoms with Gasteiger partial charge in [0.15, 0.2) is 0 Å². The molecule has 5 heteroatoms. The van der Waals surface area contributed by atoms with E-state index in [0.29, 0.717) is 11.6 Å². The Morgan fingerprint density at radius 3 is 2.47 bits per heavy atom. The van der Waals surface area contributed by atoms with Gasteiger partial charge in [0.05, 0.1) is 5.56 Å². The van der Waals surface area contributed by atoms with Crippen molar-refractivity contribution in [2.75, 3.05) is 5.32 Å². The van der Waals surface area contributed by atoms with Gasteiger partial charge in [-0.25, -0.2) is 4.79 Å². The van der Waals surface area contributed by atoms with Crippen LogP contribution in [-0.4, -0.2) is 11.1 Å². The van der Waals surface area contributed by atoms with Gasteiger partial charge < -0.3 is 10.4 Å². The Morgan fingerprint density at radius 2 is 1.89 bits per heavy atom. The smallest absolute Gasteiger partial charge is 0.335 e. The number of anilines is 1. The minimum atomic E-state index is -0.932. The van der Waals surface area contributed by atoms with E-state index in [4.69, 9.17) is 16.7 Å². The molecule has 0 amide bonds. The Balaban J connectivity index is 2.07. The highest BCUT2D eigenvalue weighted by atomic mass is 79.9. The fourth-order valence-corrected chi connectivity index (χ4v) is 2.23. The average Bonchev–Trinajstić information content (AvgIpc) is 2.39. The van der Waals surface area contributed by atoms with Crippen molar-refractivity contribution >= 4 is 39.2 Å². The monoisotopic (exact) mass is 339 g/mol. The number of carboxylic acids is 1. The van der Waals surface area contributed by atoms with Gasteiger partial charge in [-0.3, -0.25) is 0 Å². The van der Waals surface area contributed by atoms with E-state index >= 15 is 0 Å². The standard InChI is InChI=1S/C14H11BrClNO2/c15-13-7-9(14(18)19)1-2-10(13)8-17-12-5-3-11(16)4-6-12/h1-7,17H,8H2,(H,18,19). The minimum absolute atomic E-state index is 0.266. The molecule has 0 saturated carbocycles. The summed E-state index contributed by atoms with van der Waals surface area (Å²) >= 11 is 9.19. The van der Waals surface area contributed by atoms with Gasteiger partial charge in [-0.1, -0.05) is 33.6 Å². The molecule has 0 bridgehead atoms. The van der Waals surface area contributed by atoms with Crippen molar-refractivity contribution in [3.05, 3.63) is 63.1 Å². The predicted octanol–water partition coefficient (Wildman–Crippen LogP) is 4.41. The highest BCUT2D eigenvalue weighted by molar-refractivity contribution is 9.10. The molecule has 0 aliphatic rings. The second-order valence-corrected chi connectivity index (χ2v) is 5.26. The van der Waals surface area contributed by atoms with Crippen LogP contribution in [0.15, 0.2) is 46.9 Å². The van der Waals surface area contributed by atoms with Crippen LogP contribution in [-0.2, 0) is 6.54 Å². The van der Waals surface area contributed by atoms with Crippen LogP contribution in [0.4, 0.5) is 5.69 Å². The number of hydrogen-bond donors (Lipinski definition) is 2. The lowest BCUT2D eigenvalue weighted by molar-refractivity contribution is 0.0697. The van der Waals surface area contributed by atoms with Crippen LogP contribution in [0.25, 0.3) is 0 Å². The molecule has 2 aromatic carbocycles. The van der Waals surface area contributed by atoms with Crippen molar-refractivity contribution in [3.63, 3.8) is 0 Å². The normalized spacial score (nSPS) is 10.2. The van der Waals surface area contributed by atoms with Gasteiger partial charge >= 0.3 is 5.97 Å². The fraction of sp³-hybridized carbons (Fsp3) is 0.0714. The van der Waals surface area contributed by atoms with E-state index in [1.807, 2.05) is 24.3 Å². The molecule has 19 heavy (non-hydrogen) atoms. The molecule has 2 rings (SSSR count). The van der Waals surface area contributed by atoms with Gasteiger partial charge in [-0.2, -0.15) is 0 Å². The van der Waals surface area contributed by atoms with Crippen LogP contribution in [0.1, 0.15) is 15.9 Å². The summed E-state index contributed by atoms with van der Waals surface area (Å²) in [7, 11) is 0. The Hall–Kier alpha value is -1.52. The zero-order valence-electron chi connectivity index (χ0n) is 9.86. The van der Waals surface area contributed by atoms with Crippen LogP contribution >= 0.6 is 27.5 Å². The first-order valence-corrected chi connectivity index (χ1v) is 6.74. The van der Waals surface area contributed by atoms with Gasteiger partial charge in [0.25, 0.3) is 0 Å². The molecule has 3 nitrogen and oxygen atoms in total. The Bertz CT molecular complexity index is 599. The molecule has 0 spiro atoms. The minimum Gasteiger partial charge on any atom is -0.478 e. The van der Waals surface area contributed by atoms with E-state index in [-0.39, 0.29) is 5.56 Å². The SMILES string of the molecule is O=C(O)c1ccc(CNc2ccc(Cl)cc2)c(Br)c1. The molecule has 0 fully saturated rings. The number of rotatable bonds is 4. The lowest BCUT2D eigenvalue weighted by atomic mass is 10.1. The predicted molar refractivity (Wildman–Crippen MR) is 79.9 cm³/mol. The zero-order chi connectivity index (χ0) is 13.8. The first-order valence-electron chi connectivity index (χ1n) is 5.57. The number of carbonyl (C=O) groups is 1. The quantitative estimate of drug-likeness (QED) is 0.866. The molecular formula is C14H11BrClNO2. The van der Waals surface area contributed by atoms with E-state index < -0.39 is 5.97 Å². The summed E-state index contributed by atoms with van der Waals surface area (Å²) in [4.78, 5) is 10.8. The average molecular weight is 341 g/mol. The zero-order valence-corrected chi connectivity index (χ0v) is 12.2. The maximum absolute atomic E-state index is 10.8. The molecule has 0 radical (unpaired) electrons. The molecule has 98 valence electrons. The lowest BCUT2D eigenvalue weighted by Crippen LogP contribution is -2.02. The number of benzene rings is 2. The number of halogens is 2. The van der Waals surface area contributed by atoms with Crippen molar-refractivity contribution in [1.29, 1.82) is 0 Å². The molecule has 0 aromatic heterocycles. The Labute approximate surface area is 124 Å². The molecule has 0 heterocycles. The Kier molecular flexibility index (Phi) is 4.45. The van der Waals surface area contributed by atoms with Crippen LogP contribution in [0.5, 0.6) is 0 Å². The highest BCUT2D eigenvalue weighted by Crippen LogP contribution is 2.21. The molecule has 2 aromatic rings. The summed E-state index contributed by atoms with van der Waals surface area (Å²) in [6, 6.07) is 12.4. The number of carboxylic acid groups (broad SMARTS) is 1. The van der Waals surface area contributed by atoms with Crippen molar-refractivity contribution in [2.24, 2.45) is 0 Å². The first kappa shape index (κ1) is 13.9. The van der Waals surface area contributed by atoms with Gasteiger partial charge in [0, 0.05) is 21.7 Å². The lowest BCUT2D eigenvalue weighted by Gasteiger charge is -2.09. The van der Waals surface area contributed by atoms with Crippen LogP contribution < -0.4 is 5.32 Å². The third-order valence-electron chi connectivity index (χ3n) is 2.63. The summed E-state index contributed by atoms with van der Waals surface area (Å²) in [5.74, 6) is -0.932. The maximum Gasteiger partial charge on any atom is 0.335 e. The van der Waals surface area contributed by atoms with Crippen molar-refractivity contribution in [2.45, 2.75) is 6.54 Å². The molecule has 0 atom stereocenters. The largest absolute Gasteiger partial charge is 0.478 e. The summed E-state index contributed by atoms with van der Waals surface area (Å²) in [5.41, 5.74) is 2.21. The molecular weight excluding hydrogens is 330 g/mol. The van der Waals surface area contributed by atoms with Crippen LogP contribution in [0, 0.1) is 0 Å². The maximum atomic E-state index is 10.8. The van der Waals surface area contributed by atoms with Gasteiger partial charge in [0.1, 0.15) is 0 Å². The van der Waals surface area contributed by atoms with Gasteiger partial charge in [0.2, 0.25) is 0 Å². The third kappa shape index (κ3) is 3.72. The van der Waals surface area contributed by atoms with Crippen LogP contribution in [0.3, 0.4) is 0 Å². The number of hydrogen-bond acceptors (Lipinski definition) is 2. The van der Waals surface area contributed by atoms with E-state index in [1.54, 1.807) is 18.2 Å². The van der Waals surface area contributed by atoms with E-state index in [9.17, 15) is 4.79 Å². The molecule has 2 N–H and O–H groups in total. The van der Waals surface area contributed by atoms with E-state index in [1.165, 1.54) is 0 Å². The molecule has 0 aliphatic heterocycles. The molecule has 0 unspecified atom stereocenters. The fourth-order valence-electron chi connectivity index (χ4n) is 1.59. The molecule has 0 saturated heterocycles. The molecule has 0 aliphatic carbocycles. The highest BCUT2D eigenvalue weighted by Gasteiger charge is 2.06. The summed E-state index contributed by atoms with van der Waals surface area (Å²) < 4.78 is 0.772. The second-order valence-electron chi connectivity index (χ2n) is 3.97. The van der Waals surface area contributed by atoms with Crippen molar-refractivity contribution < 1.29 is 9.90 Å². The third-order valence-corrected chi connectivity index (χ3v) is 3.62. The van der Waals surface area contributed by atoms with Crippen LogP contribution in [0.2, 0.25) is 5.02 Å². The summed E-state index contributed by atoms with van der Waals surface area (Å²) in [6.45, 7) is 0.599. The summed E-state index contributed by atoms with van der Waals surface area (Å²) in [6.07, 6.45) is 0. The number of aromatic carboxylic acids is 1. The van der Waals surface area contributed by atoms with Crippen molar-refractivity contribution in [1.82, 2.24) is 0 Å². The van der Waals surface area contributed by atoms with Crippen molar-refractivity contribution in [3.8, 4) is 0 Å². The first-order chi connectivity index (χ1) is 9.06. The topological polar surface area (TPSA) is 49.3 Å². The second kappa shape index (κ2) is 6.08. The van der Waals surface area contributed by atoms with Gasteiger partial charge in [-0.05, 0) is 42.0 Å². The van der Waals surface area contributed by atoms with E-state index in [0.717, 1.165) is 15.7 Å². The van der Waals surface area contributed by atoms with E-state index in [2.05, 4.69) is 21.2 Å². The Morgan fingerprint density at radius 1 is 1.21 bits per heavy atom. The number of nitrogens with one attached hydrogen (secondary N) is 1. The summed E-state index contributed by atoms with van der Waals surface area (Å²) in [5, 5.41) is 12.8.